The molecule has 0 aromatic heterocycles. The Bertz CT molecular complexity index is 2820. The highest BCUT2D eigenvalue weighted by atomic mass is 32.3. The predicted octanol–water partition coefficient (Wildman–Crippen LogP) is 3.52. The lowest BCUT2D eigenvalue weighted by molar-refractivity contribution is -0.387. The smallest absolute Gasteiger partial charge is 0.394 e. The molecule has 6 N–H and O–H groups in total. The molecule has 0 radical (unpaired) electrons. The van der Waals surface area contributed by atoms with Crippen molar-refractivity contribution in [2.24, 2.45) is 5.92 Å². The minimum atomic E-state index is -4.97. The van der Waals surface area contributed by atoms with Gasteiger partial charge in [-0.3, -0.25) is 9.11 Å². The van der Waals surface area contributed by atoms with E-state index in [-0.39, 0.29) is 43.2 Å². The topological polar surface area (TPSA) is 328 Å². The molecule has 0 aromatic rings. The van der Waals surface area contributed by atoms with Crippen molar-refractivity contribution in [1.82, 2.24) is 0 Å². The number of fused-ring (bicyclic) bond motifs is 10. The second-order valence-corrected chi connectivity index (χ2v) is 30.0. The summed E-state index contributed by atoms with van der Waals surface area (Å²) in [6, 6.07) is 0. The minimum Gasteiger partial charge on any atom is -0.394 e. The molecule has 30 atom stereocenters. The number of hydrogen-bond donors (Lipinski definition) is 6. The zero-order valence-electron chi connectivity index (χ0n) is 50.4. The maximum absolute atomic E-state index is 12.0. The van der Waals surface area contributed by atoms with Gasteiger partial charge >= 0.3 is 20.8 Å². The van der Waals surface area contributed by atoms with Crippen molar-refractivity contribution in [2.75, 3.05) is 13.2 Å². The normalized spacial score (nSPS) is 51.3. The molecule has 492 valence electrons. The molecule has 12 aliphatic heterocycles. The molecule has 0 unspecified atom stereocenters. The summed E-state index contributed by atoms with van der Waals surface area (Å²) in [6.45, 7) is 22.6. The van der Waals surface area contributed by atoms with Crippen molar-refractivity contribution < 1.29 is 116 Å². The van der Waals surface area contributed by atoms with Gasteiger partial charge in [0.15, 0.2) is 6.29 Å². The molecule has 0 aromatic carbocycles. The SMILES string of the molecule is C=CCC(=C)/C=C/[C@@](C)(O)[C@H]1O[C@@H]2C[C@@H]3O[C@@H]4C[C@@H]5O[C@@H]6C[C@@H]7O[C@@H]8C[C@@H]9O[C@@H]%10C[C@@H]%11O[C@](C)(CCOS(=O)(=O)O)[C@@H](OS(=O)(=O)O)C[C@H]%11O[C@H]%10C[C@H]9O[C@H]8CC[C@@]7(C)O[C@@]6(C)CC[C@H](C)[C@H]5O[C@H]4[C@@H](O[C@H]4O[C@@H](CO)[C@H](O)[C@H]4O)[C@@]3(C)O[C@H]2CC1=C. The molecule has 12 rings (SSSR count). The third kappa shape index (κ3) is 12.8. The second kappa shape index (κ2) is 24.1. The third-order valence-electron chi connectivity index (χ3n) is 21.4. The molecule has 0 amide bonds. The predicted molar refractivity (Wildman–Crippen MR) is 302 cm³/mol. The maximum atomic E-state index is 12.0. The number of aliphatic hydroxyl groups excluding tert-OH is 3. The summed E-state index contributed by atoms with van der Waals surface area (Å²) in [4.78, 5) is 0. The molecular weight excluding hydrogens is 1180 g/mol. The average molecular weight is 1280 g/mol. The summed E-state index contributed by atoms with van der Waals surface area (Å²) in [5, 5.41) is 44.2. The first-order chi connectivity index (χ1) is 40.9. The van der Waals surface area contributed by atoms with E-state index >= 15 is 0 Å². The average Bonchev–Trinajstić information content (AvgIpc) is 1.47. The lowest BCUT2D eigenvalue weighted by Crippen LogP contribution is -2.75. The van der Waals surface area contributed by atoms with Gasteiger partial charge in [0.2, 0.25) is 0 Å². The molecule has 27 heteroatoms. The van der Waals surface area contributed by atoms with Gasteiger partial charge in [0.05, 0.1) is 128 Å². The van der Waals surface area contributed by atoms with Crippen molar-refractivity contribution >= 4 is 20.8 Å². The van der Waals surface area contributed by atoms with Crippen molar-refractivity contribution in [3.8, 4) is 0 Å². The van der Waals surface area contributed by atoms with Gasteiger partial charge in [-0.25, -0.2) is 8.37 Å². The van der Waals surface area contributed by atoms with Crippen molar-refractivity contribution in [3.05, 3.63) is 49.1 Å². The second-order valence-electron chi connectivity index (χ2n) is 27.8. The van der Waals surface area contributed by atoms with Gasteiger partial charge in [-0.05, 0) is 84.6 Å². The monoisotopic (exact) mass is 1270 g/mol. The highest BCUT2D eigenvalue weighted by Crippen LogP contribution is 2.55. The van der Waals surface area contributed by atoms with Gasteiger partial charge in [-0.1, -0.05) is 43.9 Å². The van der Waals surface area contributed by atoms with Crippen molar-refractivity contribution in [1.29, 1.82) is 0 Å². The summed E-state index contributed by atoms with van der Waals surface area (Å²) in [5.41, 5.74) is -4.18. The summed E-state index contributed by atoms with van der Waals surface area (Å²) >= 11 is 0. The Labute approximate surface area is 509 Å². The van der Waals surface area contributed by atoms with E-state index < -0.39 is 184 Å². The number of hydrogen-bond acceptors (Lipinski definition) is 23. The Morgan fingerprint density at radius 1 is 0.690 bits per heavy atom. The van der Waals surface area contributed by atoms with Crippen LogP contribution in [0.1, 0.15) is 131 Å². The largest absolute Gasteiger partial charge is 0.397 e. The first-order valence-corrected chi connectivity index (χ1v) is 33.8. The van der Waals surface area contributed by atoms with Crippen LogP contribution in [0, 0.1) is 5.92 Å². The Morgan fingerprint density at radius 2 is 1.28 bits per heavy atom. The summed E-state index contributed by atoms with van der Waals surface area (Å²) < 4.78 is 165. The van der Waals surface area contributed by atoms with E-state index in [1.807, 2.05) is 6.92 Å². The minimum absolute atomic E-state index is 0.0176. The van der Waals surface area contributed by atoms with E-state index in [2.05, 4.69) is 44.7 Å². The summed E-state index contributed by atoms with van der Waals surface area (Å²) in [7, 11) is -9.78. The van der Waals surface area contributed by atoms with E-state index in [9.17, 15) is 46.4 Å². The van der Waals surface area contributed by atoms with E-state index in [4.69, 9.17) is 65.8 Å². The van der Waals surface area contributed by atoms with E-state index in [1.165, 1.54) is 6.92 Å². The van der Waals surface area contributed by atoms with Gasteiger partial charge in [0, 0.05) is 51.4 Å². The van der Waals surface area contributed by atoms with Crippen LogP contribution < -0.4 is 0 Å². The van der Waals surface area contributed by atoms with Crippen LogP contribution in [0.15, 0.2) is 49.1 Å². The summed E-state index contributed by atoms with van der Waals surface area (Å²) in [5.74, 6) is -0.0425. The third-order valence-corrected chi connectivity index (χ3v) is 22.3. The first kappa shape index (κ1) is 65.1. The Morgan fingerprint density at radius 3 is 1.92 bits per heavy atom. The molecule has 0 saturated carbocycles. The first-order valence-electron chi connectivity index (χ1n) is 31.1. The standard InChI is InChI=1S/C60H90O25S2/c1-10-11-29(2)12-15-56(5,64)53-31(4)20-40-39(78-53)26-48-60(9,83-40)54(81-55-50(63)49(62)44(28-61)79-55)52-43(77-48)24-42-51(80-52)30(3)13-16-58(7)46(76-42)27-45-59(8,85-58)17-14-32-33(75-45)21-35-34(72-32)22-36-37(73-35)23-41-38(74-36)25-47(84-87(68,69)70)57(6,82-41)18-19-71-86(65,66)67/h10,12,15,30,32-55,61-64H,1-2,4,11,13-14,16-28H2,3,5-9H3,(H,65,66,67)(H,68,69,70)/b15-12+/t30-,32-,33+,34+,35-,36-,37+,38+,39+,40-,41-,42-,43+,44-,45-,46+,47-,48-,49-,50+,51+,52+,53-,54+,55+,56+,57+,58-,59+,60-/m0/s1. The Hall–Kier alpha value is -1.98. The van der Waals surface area contributed by atoms with Gasteiger partial charge in [-0.2, -0.15) is 16.8 Å². The van der Waals surface area contributed by atoms with E-state index in [0.29, 0.717) is 76.2 Å². The summed E-state index contributed by atoms with van der Waals surface area (Å²) in [6.07, 6.45) is -5.69. The molecule has 87 heavy (non-hydrogen) atoms. The lowest BCUT2D eigenvalue weighted by Gasteiger charge is -2.61. The van der Waals surface area contributed by atoms with Crippen LogP contribution >= 0.6 is 0 Å². The Kier molecular flexibility index (Phi) is 18.0. The molecule has 0 aliphatic carbocycles. The van der Waals surface area contributed by atoms with E-state index in [0.717, 1.165) is 12.0 Å². The van der Waals surface area contributed by atoms with Gasteiger partial charge in [0.1, 0.15) is 53.9 Å². The molecule has 12 aliphatic rings. The van der Waals surface area contributed by atoms with Gasteiger partial charge < -0.3 is 82.0 Å². The highest BCUT2D eigenvalue weighted by molar-refractivity contribution is 7.81. The van der Waals surface area contributed by atoms with Crippen LogP contribution in [0.5, 0.6) is 0 Å². The number of allylic oxidation sites excluding steroid dienone is 3. The van der Waals surface area contributed by atoms with Crippen LogP contribution in [0.4, 0.5) is 0 Å². The number of rotatable bonds is 14. The zero-order valence-corrected chi connectivity index (χ0v) is 52.0. The van der Waals surface area contributed by atoms with Gasteiger partial charge in [0.25, 0.3) is 0 Å². The maximum Gasteiger partial charge on any atom is 0.397 e. The van der Waals surface area contributed by atoms with Crippen LogP contribution in [0.2, 0.25) is 0 Å². The molecule has 25 nitrogen and oxygen atoms in total. The Balaban J connectivity index is 0.747. The van der Waals surface area contributed by atoms with Crippen LogP contribution in [0.25, 0.3) is 0 Å². The fourth-order valence-electron chi connectivity index (χ4n) is 16.6. The zero-order chi connectivity index (χ0) is 62.1. The van der Waals surface area contributed by atoms with Crippen molar-refractivity contribution in [3.63, 3.8) is 0 Å². The van der Waals surface area contributed by atoms with Gasteiger partial charge in [-0.15, -0.1) is 6.58 Å². The van der Waals surface area contributed by atoms with E-state index in [1.54, 1.807) is 25.2 Å². The number of ether oxygens (including phenoxy) is 13. The number of aliphatic hydroxyl groups is 4. The lowest BCUT2D eigenvalue weighted by atomic mass is 9.72. The highest BCUT2D eigenvalue weighted by Gasteiger charge is 2.67. The van der Waals surface area contributed by atoms with Crippen LogP contribution in [-0.2, 0) is 90.7 Å². The molecule has 12 fully saturated rings. The molecule has 0 bridgehead atoms. The molecular formula is C60H90O25S2. The van der Waals surface area contributed by atoms with Crippen molar-refractivity contribution in [2.45, 2.75) is 306 Å². The fraction of sp³-hybridized carbons (Fsp3) is 0.867. The van der Waals surface area contributed by atoms with Crippen LogP contribution in [-0.4, -0.2) is 234 Å². The molecule has 0 spiro atoms. The quantitative estimate of drug-likeness (QED) is 0.0823. The molecule has 12 saturated heterocycles. The molecule has 12 heterocycles. The van der Waals surface area contributed by atoms with Crippen LogP contribution in [0.3, 0.4) is 0 Å². The fourth-order valence-corrected chi connectivity index (χ4v) is 17.5.